The van der Waals surface area contributed by atoms with Gasteiger partial charge in [0.1, 0.15) is 16.7 Å². The Balaban J connectivity index is 2.14. The third-order valence-electron chi connectivity index (χ3n) is 2.07. The summed E-state index contributed by atoms with van der Waals surface area (Å²) in [7, 11) is 0. The van der Waals surface area contributed by atoms with E-state index >= 15 is 0 Å². The van der Waals surface area contributed by atoms with E-state index in [1.54, 1.807) is 0 Å². The highest BCUT2D eigenvalue weighted by molar-refractivity contribution is 6.41. The number of carbonyl (C=O) groups is 1. The van der Waals surface area contributed by atoms with Crippen LogP contribution in [0.3, 0.4) is 0 Å². The molecular weight excluding hydrogens is 266 g/mol. The molecule has 0 atom stereocenters. The van der Waals surface area contributed by atoms with E-state index in [1.165, 1.54) is 30.3 Å². The minimum Gasteiger partial charge on any atom is -0.340 e. The number of aromatic amines is 1. The molecule has 2 aromatic rings. The second-order valence-corrected chi connectivity index (χ2v) is 4.09. The maximum atomic E-state index is 12.6. The number of amides is 1. The second-order valence-electron chi connectivity index (χ2n) is 3.31. The van der Waals surface area contributed by atoms with E-state index in [1.807, 2.05) is 0 Å². The molecule has 0 unspecified atom stereocenters. The number of H-pyrrole nitrogens is 1. The number of hydrogen-bond acceptors (Lipinski definition) is 1. The van der Waals surface area contributed by atoms with Crippen LogP contribution >= 0.6 is 23.2 Å². The van der Waals surface area contributed by atoms with Gasteiger partial charge in [0.2, 0.25) is 0 Å². The molecule has 1 aromatic carbocycles. The quantitative estimate of drug-likeness (QED) is 0.860. The number of carbonyl (C=O) groups excluding carboxylic acids is 1. The van der Waals surface area contributed by atoms with Crippen molar-refractivity contribution in [3.63, 3.8) is 0 Å². The Hall–Kier alpha value is -1.52. The molecule has 0 saturated carbocycles. The lowest BCUT2D eigenvalue weighted by molar-refractivity contribution is 0.102. The lowest BCUT2D eigenvalue weighted by atomic mass is 10.3. The molecule has 6 heteroatoms. The molecule has 0 spiro atoms. The molecule has 17 heavy (non-hydrogen) atoms. The summed E-state index contributed by atoms with van der Waals surface area (Å²) in [5, 5.41) is 3.05. The molecular formula is C11H7Cl2FN2O. The molecule has 0 fully saturated rings. The molecule has 0 bridgehead atoms. The molecule has 0 aliphatic rings. The molecule has 1 aromatic heterocycles. The van der Waals surface area contributed by atoms with Gasteiger partial charge < -0.3 is 10.3 Å². The average Bonchev–Trinajstić information content (AvgIpc) is 2.63. The van der Waals surface area contributed by atoms with Crippen molar-refractivity contribution >= 4 is 34.8 Å². The Bertz CT molecular complexity index is 532. The van der Waals surface area contributed by atoms with E-state index in [0.29, 0.717) is 5.69 Å². The monoisotopic (exact) mass is 272 g/mol. The van der Waals surface area contributed by atoms with Crippen LogP contribution in [0.4, 0.5) is 10.1 Å². The molecule has 3 nitrogen and oxygen atoms in total. The van der Waals surface area contributed by atoms with Gasteiger partial charge in [-0.3, -0.25) is 4.79 Å². The van der Waals surface area contributed by atoms with Gasteiger partial charge >= 0.3 is 0 Å². The van der Waals surface area contributed by atoms with Crippen LogP contribution in [0, 0.1) is 5.82 Å². The van der Waals surface area contributed by atoms with Gasteiger partial charge in [0.25, 0.3) is 5.91 Å². The van der Waals surface area contributed by atoms with Crippen LogP contribution in [-0.2, 0) is 0 Å². The van der Waals surface area contributed by atoms with Crippen LogP contribution < -0.4 is 5.32 Å². The molecule has 2 rings (SSSR count). The Morgan fingerprint density at radius 2 is 1.88 bits per heavy atom. The second kappa shape index (κ2) is 4.77. The summed E-state index contributed by atoms with van der Waals surface area (Å²) in [4.78, 5) is 14.3. The van der Waals surface area contributed by atoms with Crippen molar-refractivity contribution < 1.29 is 9.18 Å². The highest BCUT2D eigenvalue weighted by atomic mass is 35.5. The number of rotatable bonds is 2. The van der Waals surface area contributed by atoms with E-state index in [9.17, 15) is 9.18 Å². The largest absolute Gasteiger partial charge is 0.340 e. The minimum atomic E-state index is -0.398. The molecule has 0 radical (unpaired) electrons. The van der Waals surface area contributed by atoms with Crippen molar-refractivity contribution in [1.29, 1.82) is 0 Å². The summed E-state index contributed by atoms with van der Waals surface area (Å²) in [6.07, 6.45) is 0. The molecule has 0 aliphatic heterocycles. The van der Waals surface area contributed by atoms with E-state index in [2.05, 4.69) is 10.3 Å². The molecule has 2 N–H and O–H groups in total. The number of nitrogens with one attached hydrogen (secondary N) is 2. The zero-order valence-electron chi connectivity index (χ0n) is 8.43. The minimum absolute atomic E-state index is 0.205. The zero-order valence-corrected chi connectivity index (χ0v) is 9.94. The van der Waals surface area contributed by atoms with Gasteiger partial charge in [0.05, 0.1) is 5.02 Å². The SMILES string of the molecule is O=C(Nc1ccc(F)cc1)c1cc(Cl)c(Cl)[nH]1. The van der Waals surface area contributed by atoms with Crippen LogP contribution in [-0.4, -0.2) is 10.9 Å². The van der Waals surface area contributed by atoms with Crippen LogP contribution in [0.5, 0.6) is 0 Å². The summed E-state index contributed by atoms with van der Waals surface area (Å²) < 4.78 is 12.6. The molecule has 0 saturated heterocycles. The van der Waals surface area contributed by atoms with Crippen LogP contribution in [0.25, 0.3) is 0 Å². The van der Waals surface area contributed by atoms with Crippen molar-refractivity contribution in [2.45, 2.75) is 0 Å². The first-order valence-electron chi connectivity index (χ1n) is 4.67. The Morgan fingerprint density at radius 3 is 2.41 bits per heavy atom. The maximum absolute atomic E-state index is 12.6. The van der Waals surface area contributed by atoms with Gasteiger partial charge in [-0.05, 0) is 30.3 Å². The lowest BCUT2D eigenvalue weighted by Gasteiger charge is -2.02. The van der Waals surface area contributed by atoms with Crippen molar-refractivity contribution in [2.75, 3.05) is 5.32 Å². The number of halogens is 3. The number of aromatic nitrogens is 1. The third-order valence-corrected chi connectivity index (χ3v) is 2.76. The van der Waals surface area contributed by atoms with Gasteiger partial charge in [0.15, 0.2) is 0 Å². The van der Waals surface area contributed by atoms with E-state index in [-0.39, 0.29) is 21.7 Å². The summed E-state index contributed by atoms with van der Waals surface area (Å²) >= 11 is 11.4. The van der Waals surface area contributed by atoms with E-state index in [0.717, 1.165) is 0 Å². The van der Waals surface area contributed by atoms with Crippen molar-refractivity contribution in [3.8, 4) is 0 Å². The fraction of sp³-hybridized carbons (Fsp3) is 0. The first-order valence-corrected chi connectivity index (χ1v) is 5.43. The van der Waals surface area contributed by atoms with Gasteiger partial charge in [-0.1, -0.05) is 23.2 Å². The fourth-order valence-electron chi connectivity index (χ4n) is 1.26. The summed E-state index contributed by atoms with van der Waals surface area (Å²) in [6.45, 7) is 0. The molecule has 1 heterocycles. The molecule has 0 aliphatic carbocycles. The number of benzene rings is 1. The number of hydrogen-bond donors (Lipinski definition) is 2. The van der Waals surface area contributed by atoms with Gasteiger partial charge in [0, 0.05) is 5.69 Å². The van der Waals surface area contributed by atoms with E-state index in [4.69, 9.17) is 23.2 Å². The van der Waals surface area contributed by atoms with Crippen molar-refractivity contribution in [2.24, 2.45) is 0 Å². The van der Waals surface area contributed by atoms with Crippen LogP contribution in [0.2, 0.25) is 10.2 Å². The Morgan fingerprint density at radius 1 is 1.24 bits per heavy atom. The Labute approximate surface area is 107 Å². The average molecular weight is 273 g/mol. The third kappa shape index (κ3) is 2.78. The summed E-state index contributed by atoms with van der Waals surface area (Å²) in [5.41, 5.74) is 0.725. The highest BCUT2D eigenvalue weighted by Gasteiger charge is 2.11. The van der Waals surface area contributed by atoms with Gasteiger partial charge in [-0.2, -0.15) is 0 Å². The predicted octanol–water partition coefficient (Wildman–Crippen LogP) is 3.71. The highest BCUT2D eigenvalue weighted by Crippen LogP contribution is 2.22. The van der Waals surface area contributed by atoms with Crippen LogP contribution in [0.1, 0.15) is 10.5 Å². The van der Waals surface area contributed by atoms with Crippen LogP contribution in [0.15, 0.2) is 30.3 Å². The van der Waals surface area contributed by atoms with Gasteiger partial charge in [-0.25, -0.2) is 4.39 Å². The van der Waals surface area contributed by atoms with Crippen molar-refractivity contribution in [1.82, 2.24) is 4.98 Å². The van der Waals surface area contributed by atoms with Gasteiger partial charge in [-0.15, -0.1) is 0 Å². The topological polar surface area (TPSA) is 44.9 Å². The predicted molar refractivity (Wildman–Crippen MR) is 65.2 cm³/mol. The standard InChI is InChI=1S/C11H7Cl2FN2O/c12-8-5-9(16-10(8)13)11(17)15-7-3-1-6(14)2-4-7/h1-5,16H,(H,15,17). The Kier molecular flexibility index (Phi) is 3.36. The normalized spacial score (nSPS) is 10.3. The molecule has 1 amide bonds. The lowest BCUT2D eigenvalue weighted by Crippen LogP contribution is -2.12. The summed E-state index contributed by atoms with van der Waals surface area (Å²) in [5.74, 6) is -0.764. The first-order chi connectivity index (χ1) is 8.06. The zero-order chi connectivity index (χ0) is 12.4. The first kappa shape index (κ1) is 12.0. The maximum Gasteiger partial charge on any atom is 0.272 e. The van der Waals surface area contributed by atoms with E-state index < -0.39 is 5.91 Å². The number of anilines is 1. The molecule has 88 valence electrons. The smallest absolute Gasteiger partial charge is 0.272 e. The van der Waals surface area contributed by atoms with Crippen molar-refractivity contribution in [3.05, 3.63) is 52.0 Å². The summed E-state index contributed by atoms with van der Waals surface area (Å²) in [6, 6.07) is 6.84. The fourth-order valence-corrected chi connectivity index (χ4v) is 1.57.